The molecule has 4 rings (SSSR count). The molecule has 0 aliphatic rings. The van der Waals surface area contributed by atoms with Crippen molar-refractivity contribution in [2.24, 2.45) is 0 Å². The van der Waals surface area contributed by atoms with Gasteiger partial charge in [-0.2, -0.15) is 5.10 Å². The largest absolute Gasteiger partial charge is 0.365 e. The molecule has 128 valence electrons. The molecule has 0 aliphatic heterocycles. The highest BCUT2D eigenvalue weighted by Gasteiger charge is 2.10. The predicted octanol–water partition coefficient (Wildman–Crippen LogP) is 4.37. The van der Waals surface area contributed by atoms with Crippen molar-refractivity contribution in [3.05, 3.63) is 83.8 Å². The van der Waals surface area contributed by atoms with E-state index in [1.807, 2.05) is 55.6 Å². The molecule has 0 spiro atoms. The molecule has 4 aromatic rings. The lowest BCUT2D eigenvalue weighted by Crippen LogP contribution is -2.04. The van der Waals surface area contributed by atoms with Crippen molar-refractivity contribution in [3.8, 4) is 0 Å². The van der Waals surface area contributed by atoms with Gasteiger partial charge in [-0.15, -0.1) is 0 Å². The molecule has 0 unspecified atom stereocenters. The lowest BCUT2D eigenvalue weighted by atomic mass is 10.2. The van der Waals surface area contributed by atoms with E-state index in [1.165, 1.54) is 5.56 Å². The molecule has 0 amide bonds. The van der Waals surface area contributed by atoms with Crippen molar-refractivity contribution in [2.45, 2.75) is 13.5 Å². The summed E-state index contributed by atoms with van der Waals surface area (Å²) in [7, 11) is 0. The van der Waals surface area contributed by atoms with Crippen LogP contribution in [0.15, 0.2) is 66.9 Å². The molecule has 0 radical (unpaired) electrons. The van der Waals surface area contributed by atoms with Crippen LogP contribution in [0.25, 0.3) is 23.3 Å². The van der Waals surface area contributed by atoms with Crippen molar-refractivity contribution in [1.29, 1.82) is 0 Å². The SMILES string of the molecule is Cc1nc(NCc2ccccc2)c2cnn(/C=C/c3ccccc3)c2n1. The first-order valence-corrected chi connectivity index (χ1v) is 8.52. The van der Waals surface area contributed by atoms with E-state index in [0.29, 0.717) is 12.4 Å². The number of rotatable bonds is 5. The van der Waals surface area contributed by atoms with Gasteiger partial charge in [-0.25, -0.2) is 14.6 Å². The number of nitrogens with one attached hydrogen (secondary N) is 1. The summed E-state index contributed by atoms with van der Waals surface area (Å²) >= 11 is 0. The summed E-state index contributed by atoms with van der Waals surface area (Å²) < 4.78 is 1.78. The average Bonchev–Trinajstić information content (AvgIpc) is 3.09. The second-order valence-electron chi connectivity index (χ2n) is 6.01. The smallest absolute Gasteiger partial charge is 0.167 e. The minimum atomic E-state index is 0.706. The number of aromatic nitrogens is 4. The molecule has 2 aromatic heterocycles. The quantitative estimate of drug-likeness (QED) is 0.585. The fourth-order valence-electron chi connectivity index (χ4n) is 2.78. The first-order chi connectivity index (χ1) is 12.8. The standard InChI is InChI=1S/C21H19N5/c1-16-24-20(22-14-18-10-6-3-7-11-18)19-15-23-26(21(19)25-16)13-12-17-8-4-2-5-9-17/h2-13,15H,14H2,1H3,(H,22,24,25)/b13-12+. The number of fused-ring (bicyclic) bond motifs is 1. The molecule has 5 heteroatoms. The van der Waals surface area contributed by atoms with Crippen LogP contribution in [0.2, 0.25) is 0 Å². The molecule has 0 saturated heterocycles. The maximum atomic E-state index is 4.56. The third-order valence-electron chi connectivity index (χ3n) is 4.08. The van der Waals surface area contributed by atoms with E-state index in [1.54, 1.807) is 10.9 Å². The first-order valence-electron chi connectivity index (χ1n) is 8.52. The molecular formula is C21H19N5. The van der Waals surface area contributed by atoms with Crippen molar-refractivity contribution in [1.82, 2.24) is 19.7 Å². The van der Waals surface area contributed by atoms with Gasteiger partial charge in [-0.05, 0) is 24.1 Å². The molecule has 0 atom stereocenters. The van der Waals surface area contributed by atoms with E-state index in [0.717, 1.165) is 22.4 Å². The van der Waals surface area contributed by atoms with Gasteiger partial charge in [-0.3, -0.25) is 0 Å². The van der Waals surface area contributed by atoms with E-state index in [9.17, 15) is 0 Å². The second-order valence-corrected chi connectivity index (χ2v) is 6.01. The van der Waals surface area contributed by atoms with Gasteiger partial charge in [0, 0.05) is 12.7 Å². The van der Waals surface area contributed by atoms with Crippen LogP contribution < -0.4 is 5.32 Å². The average molecular weight is 341 g/mol. The van der Waals surface area contributed by atoms with Crippen molar-refractivity contribution in [2.75, 3.05) is 5.32 Å². The molecule has 2 heterocycles. The fraction of sp³-hybridized carbons (Fsp3) is 0.0952. The van der Waals surface area contributed by atoms with Gasteiger partial charge < -0.3 is 5.32 Å². The van der Waals surface area contributed by atoms with Crippen molar-refractivity contribution < 1.29 is 0 Å². The van der Waals surface area contributed by atoms with E-state index in [-0.39, 0.29) is 0 Å². The Morgan fingerprint density at radius 3 is 2.46 bits per heavy atom. The van der Waals surface area contributed by atoms with E-state index >= 15 is 0 Å². The van der Waals surface area contributed by atoms with Gasteiger partial charge in [0.1, 0.15) is 11.6 Å². The van der Waals surface area contributed by atoms with Crippen LogP contribution in [0.3, 0.4) is 0 Å². The van der Waals surface area contributed by atoms with Crippen LogP contribution >= 0.6 is 0 Å². The van der Waals surface area contributed by atoms with E-state index in [4.69, 9.17) is 0 Å². The van der Waals surface area contributed by atoms with Crippen LogP contribution in [0.5, 0.6) is 0 Å². The summed E-state index contributed by atoms with van der Waals surface area (Å²) in [6, 6.07) is 20.4. The summed E-state index contributed by atoms with van der Waals surface area (Å²) in [4.78, 5) is 9.11. The molecule has 1 N–H and O–H groups in total. The Balaban J connectivity index is 1.63. The topological polar surface area (TPSA) is 55.6 Å². The van der Waals surface area contributed by atoms with Gasteiger partial charge in [0.15, 0.2) is 5.65 Å². The predicted molar refractivity (Wildman–Crippen MR) is 105 cm³/mol. The molecule has 26 heavy (non-hydrogen) atoms. The van der Waals surface area contributed by atoms with Gasteiger partial charge in [-0.1, -0.05) is 60.7 Å². The van der Waals surface area contributed by atoms with Gasteiger partial charge >= 0.3 is 0 Å². The molecule has 2 aromatic carbocycles. The molecule has 0 saturated carbocycles. The number of benzene rings is 2. The van der Waals surface area contributed by atoms with Crippen LogP contribution in [0.1, 0.15) is 17.0 Å². The number of nitrogens with zero attached hydrogens (tertiary/aromatic N) is 4. The van der Waals surface area contributed by atoms with E-state index < -0.39 is 0 Å². The van der Waals surface area contributed by atoms with Crippen LogP contribution in [-0.2, 0) is 6.54 Å². The van der Waals surface area contributed by atoms with Crippen molar-refractivity contribution >= 4 is 29.1 Å². The van der Waals surface area contributed by atoms with Gasteiger partial charge in [0.05, 0.1) is 11.6 Å². The van der Waals surface area contributed by atoms with Crippen LogP contribution in [-0.4, -0.2) is 19.7 Å². The number of anilines is 1. The normalized spacial score (nSPS) is 11.3. The maximum Gasteiger partial charge on any atom is 0.167 e. The highest BCUT2D eigenvalue weighted by atomic mass is 15.3. The highest BCUT2D eigenvalue weighted by molar-refractivity contribution is 5.88. The molecule has 5 nitrogen and oxygen atoms in total. The summed E-state index contributed by atoms with van der Waals surface area (Å²) in [5.41, 5.74) is 3.11. The lowest BCUT2D eigenvalue weighted by molar-refractivity contribution is 0.940. The van der Waals surface area contributed by atoms with Crippen LogP contribution in [0, 0.1) is 6.92 Å². The Morgan fingerprint density at radius 2 is 1.69 bits per heavy atom. The summed E-state index contributed by atoms with van der Waals surface area (Å²) in [6.07, 6.45) is 5.74. The molecule has 0 bridgehead atoms. The Hall–Kier alpha value is -3.47. The summed E-state index contributed by atoms with van der Waals surface area (Å²) in [5.74, 6) is 1.51. The lowest BCUT2D eigenvalue weighted by Gasteiger charge is -2.07. The first kappa shape index (κ1) is 16.0. The Morgan fingerprint density at radius 1 is 0.962 bits per heavy atom. The Labute approximate surface area is 152 Å². The summed E-state index contributed by atoms with van der Waals surface area (Å²) in [5, 5.41) is 8.76. The zero-order valence-electron chi connectivity index (χ0n) is 14.5. The second kappa shape index (κ2) is 7.19. The third-order valence-corrected chi connectivity index (χ3v) is 4.08. The zero-order chi connectivity index (χ0) is 17.8. The fourth-order valence-corrected chi connectivity index (χ4v) is 2.78. The minimum absolute atomic E-state index is 0.706. The molecule has 0 aliphatic carbocycles. The van der Waals surface area contributed by atoms with Crippen LogP contribution in [0.4, 0.5) is 5.82 Å². The zero-order valence-corrected chi connectivity index (χ0v) is 14.5. The van der Waals surface area contributed by atoms with Crippen molar-refractivity contribution in [3.63, 3.8) is 0 Å². The third kappa shape index (κ3) is 3.47. The Bertz CT molecular complexity index is 1040. The van der Waals surface area contributed by atoms with Gasteiger partial charge in [0.25, 0.3) is 0 Å². The number of hydrogen-bond acceptors (Lipinski definition) is 4. The highest BCUT2D eigenvalue weighted by Crippen LogP contribution is 2.21. The monoisotopic (exact) mass is 341 g/mol. The summed E-state index contributed by atoms with van der Waals surface area (Å²) in [6.45, 7) is 2.60. The molecular weight excluding hydrogens is 322 g/mol. The number of hydrogen-bond donors (Lipinski definition) is 1. The Kier molecular flexibility index (Phi) is 4.43. The molecule has 0 fully saturated rings. The maximum absolute atomic E-state index is 4.56. The minimum Gasteiger partial charge on any atom is -0.365 e. The van der Waals surface area contributed by atoms with Gasteiger partial charge in [0.2, 0.25) is 0 Å². The van der Waals surface area contributed by atoms with E-state index in [2.05, 4.69) is 44.6 Å². The number of aryl methyl sites for hydroxylation is 1.